The van der Waals surface area contributed by atoms with Crippen molar-refractivity contribution in [2.75, 3.05) is 0 Å². The minimum atomic E-state index is -4.24. The van der Waals surface area contributed by atoms with Crippen molar-refractivity contribution in [3.05, 3.63) is 69.2 Å². The number of nitrogens with zero attached hydrogens (tertiary/aromatic N) is 1. The Kier molecular flexibility index (Phi) is 5.17. The second-order valence-corrected chi connectivity index (χ2v) is 6.86. The molecule has 0 saturated heterocycles. The second-order valence-electron chi connectivity index (χ2n) is 4.74. The third-order valence-corrected chi connectivity index (χ3v) is 4.86. The number of halogens is 1. The van der Waals surface area contributed by atoms with Crippen LogP contribution in [0.25, 0.3) is 0 Å². The first-order chi connectivity index (χ1) is 11.2. The van der Waals surface area contributed by atoms with Crippen LogP contribution in [0.2, 0.25) is 5.02 Å². The van der Waals surface area contributed by atoms with Gasteiger partial charge in [0.05, 0.1) is 9.82 Å². The highest BCUT2D eigenvalue weighted by Gasteiger charge is 2.27. The molecule has 0 bridgehead atoms. The molecule has 2 aromatic rings. The Bertz CT molecular complexity index is 887. The lowest BCUT2D eigenvalue weighted by atomic mass is 10.1. The first-order valence-corrected chi connectivity index (χ1v) is 8.39. The van der Waals surface area contributed by atoms with Gasteiger partial charge in [0.1, 0.15) is 11.1 Å². The van der Waals surface area contributed by atoms with Gasteiger partial charge >= 0.3 is 0 Å². The molecule has 0 aliphatic carbocycles. The van der Waals surface area contributed by atoms with Crippen molar-refractivity contribution in [2.45, 2.75) is 10.9 Å². The normalized spacial score (nSPS) is 12.5. The quantitative estimate of drug-likeness (QED) is 0.591. The van der Waals surface area contributed by atoms with Crippen LogP contribution in [0, 0.1) is 10.1 Å². The van der Waals surface area contributed by atoms with Crippen LogP contribution in [0.3, 0.4) is 0 Å². The molecule has 1 unspecified atom stereocenters. The Morgan fingerprint density at radius 2 is 1.83 bits per heavy atom. The van der Waals surface area contributed by atoms with Gasteiger partial charge in [0.2, 0.25) is 15.9 Å². The number of carbonyl (C=O) groups is 1. The average molecular weight is 370 g/mol. The molecular formula is C14H12ClN3O5S. The van der Waals surface area contributed by atoms with E-state index in [4.69, 9.17) is 17.3 Å². The van der Waals surface area contributed by atoms with E-state index in [0.29, 0.717) is 5.56 Å². The molecule has 8 nitrogen and oxygen atoms in total. The van der Waals surface area contributed by atoms with E-state index < -0.39 is 37.5 Å². The van der Waals surface area contributed by atoms with Crippen LogP contribution >= 0.6 is 11.6 Å². The number of nitrogens with one attached hydrogen (secondary N) is 1. The number of carbonyl (C=O) groups excluding carboxylic acids is 1. The highest BCUT2D eigenvalue weighted by atomic mass is 35.5. The van der Waals surface area contributed by atoms with E-state index in [1.165, 1.54) is 12.1 Å². The molecule has 2 rings (SSSR count). The smallest absolute Gasteiger partial charge is 0.289 e. The fraction of sp³-hybridized carbons (Fsp3) is 0.0714. The number of hydrogen-bond donors (Lipinski definition) is 2. The Hall–Kier alpha value is -2.49. The summed E-state index contributed by atoms with van der Waals surface area (Å²) in [6.07, 6.45) is 0. The largest absolute Gasteiger partial charge is 0.368 e. The number of nitrogens with two attached hydrogens (primary N) is 1. The van der Waals surface area contributed by atoms with Crippen molar-refractivity contribution in [1.29, 1.82) is 0 Å². The Morgan fingerprint density at radius 3 is 2.38 bits per heavy atom. The van der Waals surface area contributed by atoms with Crippen LogP contribution in [0.5, 0.6) is 0 Å². The van der Waals surface area contributed by atoms with Crippen molar-refractivity contribution in [2.24, 2.45) is 5.73 Å². The SMILES string of the molecule is NC(=O)C(NS(=O)(=O)c1ccc(Cl)c([N+](=O)[O-])c1)c1ccccc1. The van der Waals surface area contributed by atoms with Crippen LogP contribution in [-0.2, 0) is 14.8 Å². The zero-order chi connectivity index (χ0) is 17.9. The van der Waals surface area contributed by atoms with Crippen molar-refractivity contribution in [1.82, 2.24) is 4.72 Å². The maximum Gasteiger partial charge on any atom is 0.289 e. The van der Waals surface area contributed by atoms with E-state index in [1.54, 1.807) is 18.2 Å². The van der Waals surface area contributed by atoms with Crippen molar-refractivity contribution in [3.8, 4) is 0 Å². The zero-order valence-electron chi connectivity index (χ0n) is 12.0. The first-order valence-electron chi connectivity index (χ1n) is 6.53. The van der Waals surface area contributed by atoms with Crippen molar-refractivity contribution < 1.29 is 18.1 Å². The van der Waals surface area contributed by atoms with E-state index in [0.717, 1.165) is 18.2 Å². The van der Waals surface area contributed by atoms with Crippen molar-refractivity contribution in [3.63, 3.8) is 0 Å². The minimum Gasteiger partial charge on any atom is -0.368 e. The van der Waals surface area contributed by atoms with E-state index in [1.807, 2.05) is 0 Å². The van der Waals surface area contributed by atoms with Gasteiger partial charge in [-0.1, -0.05) is 41.9 Å². The lowest BCUT2D eigenvalue weighted by Crippen LogP contribution is -2.37. The molecule has 3 N–H and O–H groups in total. The van der Waals surface area contributed by atoms with Gasteiger partial charge in [-0.15, -0.1) is 0 Å². The lowest BCUT2D eigenvalue weighted by Gasteiger charge is -2.16. The van der Waals surface area contributed by atoms with Gasteiger partial charge in [-0.2, -0.15) is 4.72 Å². The highest BCUT2D eigenvalue weighted by molar-refractivity contribution is 7.89. The topological polar surface area (TPSA) is 132 Å². The zero-order valence-corrected chi connectivity index (χ0v) is 13.6. The number of benzene rings is 2. The standard InChI is InChI=1S/C14H12ClN3O5S/c15-11-7-6-10(8-12(11)18(20)21)24(22,23)17-13(14(16)19)9-4-2-1-3-5-9/h1-8,13,17H,(H2,16,19). The predicted molar refractivity (Wildman–Crippen MR) is 86.8 cm³/mol. The molecule has 0 aromatic heterocycles. The van der Waals surface area contributed by atoms with Gasteiger partial charge in [-0.3, -0.25) is 14.9 Å². The molecule has 1 atom stereocenters. The molecule has 0 radical (unpaired) electrons. The molecule has 0 fully saturated rings. The fourth-order valence-electron chi connectivity index (χ4n) is 1.96. The summed E-state index contributed by atoms with van der Waals surface area (Å²) >= 11 is 5.66. The minimum absolute atomic E-state index is 0.200. The summed E-state index contributed by atoms with van der Waals surface area (Å²) in [5.74, 6) is -0.909. The molecule has 10 heteroatoms. The van der Waals surface area contributed by atoms with Crippen LogP contribution < -0.4 is 10.5 Å². The van der Waals surface area contributed by atoms with Crippen LogP contribution in [-0.4, -0.2) is 19.2 Å². The second kappa shape index (κ2) is 6.95. The molecule has 0 aliphatic heterocycles. The molecule has 0 spiro atoms. The number of nitro groups is 1. The Morgan fingerprint density at radius 1 is 1.21 bits per heavy atom. The maximum atomic E-state index is 12.4. The van der Waals surface area contributed by atoms with E-state index in [2.05, 4.69) is 4.72 Å². The molecule has 0 heterocycles. The van der Waals surface area contributed by atoms with Crippen LogP contribution in [0.4, 0.5) is 5.69 Å². The maximum absolute atomic E-state index is 12.4. The van der Waals surface area contributed by atoms with Crippen LogP contribution in [0.1, 0.15) is 11.6 Å². The van der Waals surface area contributed by atoms with E-state index in [9.17, 15) is 23.3 Å². The number of nitro benzene ring substituents is 1. The number of amides is 1. The third kappa shape index (κ3) is 3.88. The summed E-state index contributed by atoms with van der Waals surface area (Å²) in [5, 5.41) is 10.7. The molecule has 24 heavy (non-hydrogen) atoms. The average Bonchev–Trinajstić information content (AvgIpc) is 2.53. The molecular weight excluding hydrogens is 358 g/mol. The number of rotatable bonds is 6. The van der Waals surface area contributed by atoms with Gasteiger partial charge in [-0.25, -0.2) is 8.42 Å². The van der Waals surface area contributed by atoms with Crippen LogP contribution in [0.15, 0.2) is 53.4 Å². The number of primary amides is 1. The fourth-order valence-corrected chi connectivity index (χ4v) is 3.36. The Labute approximate surface area is 142 Å². The molecule has 1 amide bonds. The highest BCUT2D eigenvalue weighted by Crippen LogP contribution is 2.27. The van der Waals surface area contributed by atoms with E-state index >= 15 is 0 Å². The molecule has 126 valence electrons. The summed E-state index contributed by atoms with van der Waals surface area (Å²) in [7, 11) is -4.24. The summed E-state index contributed by atoms with van der Waals surface area (Å²) in [6.45, 7) is 0. The lowest BCUT2D eigenvalue weighted by molar-refractivity contribution is -0.384. The van der Waals surface area contributed by atoms with Gasteiger partial charge in [0, 0.05) is 6.07 Å². The van der Waals surface area contributed by atoms with Crippen molar-refractivity contribution >= 4 is 33.2 Å². The summed E-state index contributed by atoms with van der Waals surface area (Å²) in [4.78, 5) is 21.3. The monoisotopic (exact) mass is 369 g/mol. The number of sulfonamides is 1. The first kappa shape index (κ1) is 17.9. The van der Waals surface area contributed by atoms with Gasteiger partial charge < -0.3 is 5.73 Å². The molecule has 2 aromatic carbocycles. The van der Waals surface area contributed by atoms with Gasteiger partial charge in [0.25, 0.3) is 5.69 Å². The van der Waals surface area contributed by atoms with E-state index in [-0.39, 0.29) is 5.02 Å². The van der Waals surface area contributed by atoms with Gasteiger partial charge in [-0.05, 0) is 17.7 Å². The third-order valence-electron chi connectivity index (χ3n) is 3.12. The molecule has 0 aliphatic rings. The summed E-state index contributed by atoms with van der Waals surface area (Å²) in [5.41, 5.74) is 5.05. The summed E-state index contributed by atoms with van der Waals surface area (Å²) < 4.78 is 27.0. The van der Waals surface area contributed by atoms with Gasteiger partial charge in [0.15, 0.2) is 0 Å². The predicted octanol–water partition coefficient (Wildman–Crippen LogP) is 1.75. The number of hydrogen-bond acceptors (Lipinski definition) is 5. The Balaban J connectivity index is 2.41. The summed E-state index contributed by atoms with van der Waals surface area (Å²) in [6, 6.07) is 9.68. The molecule has 0 saturated carbocycles.